The number of rotatable bonds is 48. The van der Waals surface area contributed by atoms with Gasteiger partial charge in [-0.3, -0.25) is 19.2 Å². The Morgan fingerprint density at radius 1 is 0.200 bits per heavy atom. The van der Waals surface area contributed by atoms with E-state index in [9.17, 15) is 19.2 Å². The van der Waals surface area contributed by atoms with Crippen LogP contribution in [-0.2, 0) is 40.9 Å². The number of unbranched alkanes of at least 4 members (excludes halogenated alkanes) is 40. The van der Waals surface area contributed by atoms with Gasteiger partial charge in [0.1, 0.15) is 0 Å². The van der Waals surface area contributed by atoms with Crippen molar-refractivity contribution < 1.29 is 61.3 Å². The van der Waals surface area contributed by atoms with Crippen LogP contribution in [0.1, 0.15) is 336 Å². The van der Waals surface area contributed by atoms with E-state index in [0.717, 1.165) is 51.4 Å². The Balaban J connectivity index is -0.000000245. The van der Waals surface area contributed by atoms with Gasteiger partial charge in [-0.05, 0) is 25.7 Å². The Labute approximate surface area is 419 Å². The summed E-state index contributed by atoms with van der Waals surface area (Å²) in [5.74, 6) is -2.63. The van der Waals surface area contributed by atoms with E-state index in [-0.39, 0.29) is 21.7 Å². The molecule has 65 heavy (non-hydrogen) atoms. The van der Waals surface area contributed by atoms with Crippen LogP contribution in [-0.4, -0.2) is 44.3 Å². The second kappa shape index (κ2) is 69.2. The molecule has 0 saturated carbocycles. The van der Waals surface area contributed by atoms with Gasteiger partial charge in [-0.2, -0.15) is 0 Å². The smallest absolute Gasteiger partial charge is 0.303 e. The average molecular weight is 961 g/mol. The summed E-state index contributed by atoms with van der Waals surface area (Å²) in [7, 11) is 0. The molecule has 9 heteroatoms. The van der Waals surface area contributed by atoms with Gasteiger partial charge in [0.15, 0.2) is 0 Å². The topological polar surface area (TPSA) is 149 Å². The normalized spacial score (nSPS) is 10.4. The number of aliphatic carboxylic acids is 4. The van der Waals surface area contributed by atoms with Gasteiger partial charge in [-0.25, -0.2) is 0 Å². The Bertz CT molecular complexity index is 771. The molecule has 0 saturated heterocycles. The molecule has 0 aliphatic rings. The van der Waals surface area contributed by atoms with Gasteiger partial charge in [-0.15, -0.1) is 0 Å². The van der Waals surface area contributed by atoms with Crippen molar-refractivity contribution in [2.45, 2.75) is 336 Å². The van der Waals surface area contributed by atoms with E-state index in [4.69, 9.17) is 20.4 Å². The van der Waals surface area contributed by atoms with Crippen molar-refractivity contribution in [3.8, 4) is 0 Å². The maximum atomic E-state index is 10.3. The molecule has 0 aliphatic carbocycles. The molecule has 0 fully saturated rings. The van der Waals surface area contributed by atoms with Gasteiger partial charge in [0, 0.05) is 47.4 Å². The number of hydrogen-bond donors (Lipinski definition) is 4. The Morgan fingerprint density at radius 2 is 0.292 bits per heavy atom. The second-order valence-corrected chi connectivity index (χ2v) is 18.7. The Morgan fingerprint density at radius 3 is 0.385 bits per heavy atom. The molecule has 0 rings (SSSR count). The SMILES string of the molecule is CCCCCCCCCCCCCC(=O)O.CCCCCCCCCCCCCC(=O)O.CCCCCCCCCCCCCC(=O)O.CCCCCCCCCCCCCC(=O)O.[Ti]. The Hall–Kier alpha value is -1.41. The molecular weight excluding hydrogens is 848 g/mol. The van der Waals surface area contributed by atoms with Gasteiger partial charge in [0.2, 0.25) is 0 Å². The largest absolute Gasteiger partial charge is 0.481 e. The first-order valence-corrected chi connectivity index (χ1v) is 28.0. The molecule has 0 unspecified atom stereocenters. The zero-order valence-corrected chi connectivity index (χ0v) is 45.4. The summed E-state index contributed by atoms with van der Waals surface area (Å²) in [5, 5.41) is 33.8. The van der Waals surface area contributed by atoms with E-state index < -0.39 is 23.9 Å². The van der Waals surface area contributed by atoms with Gasteiger partial charge >= 0.3 is 23.9 Å². The summed E-state index contributed by atoms with van der Waals surface area (Å²) in [4.78, 5) is 41.0. The first kappa shape index (κ1) is 72.6. The standard InChI is InChI=1S/4C14H28O2.Ti/c4*1-2-3-4-5-6-7-8-9-10-11-12-13-14(15)16;/h4*2-13H2,1H3,(H,15,16);. The van der Waals surface area contributed by atoms with Crippen molar-refractivity contribution in [2.75, 3.05) is 0 Å². The fourth-order valence-electron chi connectivity index (χ4n) is 7.76. The van der Waals surface area contributed by atoms with E-state index in [1.165, 1.54) is 231 Å². The molecule has 0 amide bonds. The third-order valence-electron chi connectivity index (χ3n) is 12.0. The van der Waals surface area contributed by atoms with Crippen LogP contribution < -0.4 is 0 Å². The van der Waals surface area contributed by atoms with Gasteiger partial charge in [0.05, 0.1) is 0 Å². The molecule has 388 valence electrons. The summed E-state index contributed by atoms with van der Waals surface area (Å²) in [6.07, 6.45) is 57.4. The maximum absolute atomic E-state index is 10.3. The first-order chi connectivity index (χ1) is 31.1. The van der Waals surface area contributed by atoms with E-state index in [1.54, 1.807) is 0 Å². The predicted octanol–water partition coefficient (Wildman–Crippen LogP) is 19.1. The zero-order chi connectivity index (χ0) is 48.3. The van der Waals surface area contributed by atoms with E-state index in [1.807, 2.05) is 0 Å². The molecule has 0 heterocycles. The summed E-state index contributed by atoms with van der Waals surface area (Å²) in [5.41, 5.74) is 0. The summed E-state index contributed by atoms with van der Waals surface area (Å²) in [6.45, 7) is 8.99. The van der Waals surface area contributed by atoms with Crippen LogP contribution in [0.15, 0.2) is 0 Å². The molecule has 0 aromatic rings. The third-order valence-corrected chi connectivity index (χ3v) is 12.0. The Kier molecular flexibility index (Phi) is 77.2. The van der Waals surface area contributed by atoms with Gasteiger partial charge in [-0.1, -0.05) is 285 Å². The molecule has 0 spiro atoms. The van der Waals surface area contributed by atoms with Crippen LogP contribution in [0.2, 0.25) is 0 Å². The minimum absolute atomic E-state index is 0. The zero-order valence-electron chi connectivity index (χ0n) is 43.9. The molecule has 0 aromatic heterocycles. The van der Waals surface area contributed by atoms with Crippen LogP contribution in [0, 0.1) is 0 Å². The van der Waals surface area contributed by atoms with Crippen molar-refractivity contribution in [3.63, 3.8) is 0 Å². The fourth-order valence-corrected chi connectivity index (χ4v) is 7.76. The summed E-state index contributed by atoms with van der Waals surface area (Å²) < 4.78 is 0. The monoisotopic (exact) mass is 961 g/mol. The van der Waals surface area contributed by atoms with Crippen LogP contribution in [0.25, 0.3) is 0 Å². The van der Waals surface area contributed by atoms with Gasteiger partial charge < -0.3 is 20.4 Å². The average Bonchev–Trinajstić information content (AvgIpc) is 3.26. The van der Waals surface area contributed by atoms with Crippen LogP contribution in [0.3, 0.4) is 0 Å². The molecule has 8 nitrogen and oxygen atoms in total. The molecule has 4 N–H and O–H groups in total. The van der Waals surface area contributed by atoms with Crippen LogP contribution >= 0.6 is 0 Å². The molecular formula is C56H112O8Ti. The van der Waals surface area contributed by atoms with Crippen molar-refractivity contribution >= 4 is 23.9 Å². The van der Waals surface area contributed by atoms with Crippen LogP contribution in [0.4, 0.5) is 0 Å². The first-order valence-electron chi connectivity index (χ1n) is 28.0. The number of carbonyl (C=O) groups is 4. The van der Waals surface area contributed by atoms with E-state index >= 15 is 0 Å². The van der Waals surface area contributed by atoms with Crippen molar-refractivity contribution in [1.82, 2.24) is 0 Å². The van der Waals surface area contributed by atoms with Crippen molar-refractivity contribution in [2.24, 2.45) is 0 Å². The predicted molar refractivity (Wildman–Crippen MR) is 275 cm³/mol. The maximum Gasteiger partial charge on any atom is 0.303 e. The minimum atomic E-state index is -0.657. The summed E-state index contributed by atoms with van der Waals surface area (Å²) >= 11 is 0. The van der Waals surface area contributed by atoms with Gasteiger partial charge in [0.25, 0.3) is 0 Å². The third kappa shape index (κ3) is 89.8. The number of carboxylic acid groups (broad SMARTS) is 4. The fraction of sp³-hybridized carbons (Fsp3) is 0.929. The van der Waals surface area contributed by atoms with E-state index in [0.29, 0.717) is 25.7 Å². The second-order valence-electron chi connectivity index (χ2n) is 18.7. The molecule has 0 aromatic carbocycles. The van der Waals surface area contributed by atoms with Crippen LogP contribution in [0.5, 0.6) is 0 Å². The molecule has 0 radical (unpaired) electrons. The van der Waals surface area contributed by atoms with E-state index in [2.05, 4.69) is 27.7 Å². The molecule has 0 atom stereocenters. The molecule has 0 bridgehead atoms. The quantitative estimate of drug-likeness (QED) is 0.0348. The minimum Gasteiger partial charge on any atom is -0.481 e. The number of hydrogen-bond acceptors (Lipinski definition) is 4. The summed E-state index contributed by atoms with van der Waals surface area (Å²) in [6, 6.07) is 0. The number of carboxylic acids is 4. The molecule has 0 aliphatic heterocycles. The van der Waals surface area contributed by atoms with Crippen molar-refractivity contribution in [3.05, 3.63) is 0 Å². The van der Waals surface area contributed by atoms with Crippen molar-refractivity contribution in [1.29, 1.82) is 0 Å².